The molecule has 0 aliphatic carbocycles. The van der Waals surface area contributed by atoms with E-state index in [9.17, 15) is 9.59 Å². The van der Waals surface area contributed by atoms with Crippen molar-refractivity contribution in [2.24, 2.45) is 0 Å². The van der Waals surface area contributed by atoms with Crippen molar-refractivity contribution in [3.8, 4) is 0 Å². The highest BCUT2D eigenvalue weighted by Gasteiger charge is 2.13. The van der Waals surface area contributed by atoms with Crippen LogP contribution in [0.4, 0.5) is 5.69 Å². The number of furan rings is 1. The number of nitrogens with one attached hydrogen (secondary N) is 2. The summed E-state index contributed by atoms with van der Waals surface area (Å²) in [5.41, 5.74) is 1.83. The van der Waals surface area contributed by atoms with Crippen LogP contribution in [0.2, 0.25) is 5.02 Å². The maximum absolute atomic E-state index is 11.8. The lowest BCUT2D eigenvalue weighted by molar-refractivity contribution is -0.115. The van der Waals surface area contributed by atoms with E-state index in [1.807, 2.05) is 6.92 Å². The average molecular weight is 307 g/mol. The molecule has 0 atom stereocenters. The van der Waals surface area contributed by atoms with Gasteiger partial charge in [-0.2, -0.15) is 0 Å². The Labute approximate surface area is 127 Å². The molecule has 5 nitrogen and oxygen atoms in total. The van der Waals surface area contributed by atoms with Crippen LogP contribution >= 0.6 is 11.6 Å². The van der Waals surface area contributed by atoms with E-state index in [-0.39, 0.29) is 18.4 Å². The summed E-state index contributed by atoms with van der Waals surface area (Å²) in [7, 11) is 0. The maximum Gasteiger partial charge on any atom is 0.255 e. The molecule has 1 aromatic carbocycles. The molecule has 6 heteroatoms. The number of hydrogen-bond donors (Lipinski definition) is 2. The molecule has 0 aliphatic heterocycles. The van der Waals surface area contributed by atoms with Crippen LogP contribution in [0.25, 0.3) is 0 Å². The molecule has 2 aromatic rings. The molecular weight excluding hydrogens is 292 g/mol. The Balaban J connectivity index is 1.92. The van der Waals surface area contributed by atoms with Gasteiger partial charge in [0.05, 0.1) is 18.4 Å². The molecular formula is C15H15ClN2O3. The summed E-state index contributed by atoms with van der Waals surface area (Å²) >= 11 is 5.98. The van der Waals surface area contributed by atoms with E-state index < -0.39 is 0 Å². The summed E-state index contributed by atoms with van der Waals surface area (Å²) in [5.74, 6) is -0.160. The normalized spacial score (nSPS) is 10.2. The van der Waals surface area contributed by atoms with E-state index in [0.717, 1.165) is 5.56 Å². The van der Waals surface area contributed by atoms with E-state index in [2.05, 4.69) is 10.6 Å². The maximum atomic E-state index is 11.8. The highest BCUT2D eigenvalue weighted by Crippen LogP contribution is 2.22. The fourth-order valence-corrected chi connectivity index (χ4v) is 1.99. The molecule has 0 bridgehead atoms. The number of carbonyl (C=O) groups excluding carboxylic acids is 2. The van der Waals surface area contributed by atoms with Crippen molar-refractivity contribution in [1.29, 1.82) is 0 Å². The van der Waals surface area contributed by atoms with Gasteiger partial charge in [-0.05, 0) is 37.6 Å². The highest BCUT2D eigenvalue weighted by atomic mass is 35.5. The Hall–Kier alpha value is -2.27. The lowest BCUT2D eigenvalue weighted by Gasteiger charge is -2.10. The second-order valence-corrected chi connectivity index (χ2v) is 4.94. The van der Waals surface area contributed by atoms with Gasteiger partial charge in [0.2, 0.25) is 5.91 Å². The number of amides is 2. The quantitative estimate of drug-likeness (QED) is 0.912. The molecule has 2 rings (SSSR count). The molecule has 0 aliphatic rings. The van der Waals surface area contributed by atoms with Crippen LogP contribution in [0.3, 0.4) is 0 Å². The van der Waals surface area contributed by atoms with Crippen molar-refractivity contribution in [2.75, 3.05) is 11.9 Å². The highest BCUT2D eigenvalue weighted by molar-refractivity contribution is 6.31. The van der Waals surface area contributed by atoms with Gasteiger partial charge in [0.15, 0.2) is 0 Å². The van der Waals surface area contributed by atoms with Gasteiger partial charge in [0.25, 0.3) is 5.91 Å². The predicted octanol–water partition coefficient (Wildman–Crippen LogP) is 2.92. The van der Waals surface area contributed by atoms with Gasteiger partial charge in [-0.25, -0.2) is 0 Å². The third-order valence-electron chi connectivity index (χ3n) is 3.05. The van der Waals surface area contributed by atoms with Gasteiger partial charge in [-0.15, -0.1) is 0 Å². The van der Waals surface area contributed by atoms with Crippen molar-refractivity contribution in [3.05, 3.63) is 52.4 Å². The summed E-state index contributed by atoms with van der Waals surface area (Å²) in [6.07, 6.45) is 1.43. The van der Waals surface area contributed by atoms with Gasteiger partial charge in [0, 0.05) is 10.7 Å². The first kappa shape index (κ1) is 15.1. The monoisotopic (exact) mass is 306 g/mol. The van der Waals surface area contributed by atoms with Crippen molar-refractivity contribution in [1.82, 2.24) is 5.32 Å². The first-order chi connectivity index (χ1) is 9.99. The third-order valence-corrected chi connectivity index (χ3v) is 3.46. The van der Waals surface area contributed by atoms with Crippen molar-refractivity contribution < 1.29 is 14.0 Å². The van der Waals surface area contributed by atoms with Crippen LogP contribution in [0.5, 0.6) is 0 Å². The Morgan fingerprint density at radius 3 is 2.67 bits per heavy atom. The number of rotatable bonds is 4. The fourth-order valence-electron chi connectivity index (χ4n) is 1.81. The Morgan fingerprint density at radius 1 is 1.24 bits per heavy atom. The van der Waals surface area contributed by atoms with E-state index >= 15 is 0 Å². The number of anilines is 1. The number of carbonyl (C=O) groups is 2. The Bertz CT molecular complexity index is 679. The Kier molecular flexibility index (Phi) is 4.65. The van der Waals surface area contributed by atoms with E-state index in [0.29, 0.717) is 22.0 Å². The SMILES string of the molecule is Cc1occc1C(=O)NCC(=O)Nc1cccc(Cl)c1C. The molecule has 1 heterocycles. The zero-order chi connectivity index (χ0) is 15.4. The van der Waals surface area contributed by atoms with Gasteiger partial charge in [0.1, 0.15) is 5.76 Å². The van der Waals surface area contributed by atoms with Gasteiger partial charge < -0.3 is 15.1 Å². The zero-order valence-corrected chi connectivity index (χ0v) is 12.5. The molecule has 2 amide bonds. The summed E-state index contributed by atoms with van der Waals surface area (Å²) < 4.78 is 5.04. The van der Waals surface area contributed by atoms with Crippen LogP contribution in [0, 0.1) is 13.8 Å². The predicted molar refractivity (Wildman–Crippen MR) is 80.6 cm³/mol. The Morgan fingerprint density at radius 2 is 2.00 bits per heavy atom. The summed E-state index contributed by atoms with van der Waals surface area (Å²) in [6.45, 7) is 3.37. The number of aryl methyl sites for hydroxylation is 1. The molecule has 2 N–H and O–H groups in total. The molecule has 0 saturated heterocycles. The summed E-state index contributed by atoms with van der Waals surface area (Å²) in [4.78, 5) is 23.7. The molecule has 21 heavy (non-hydrogen) atoms. The van der Waals surface area contributed by atoms with Gasteiger partial charge >= 0.3 is 0 Å². The summed E-state index contributed by atoms with van der Waals surface area (Å²) in [5, 5.41) is 5.82. The van der Waals surface area contributed by atoms with Crippen LogP contribution in [0.15, 0.2) is 34.9 Å². The minimum Gasteiger partial charge on any atom is -0.469 e. The first-order valence-corrected chi connectivity index (χ1v) is 6.74. The number of hydrogen-bond acceptors (Lipinski definition) is 3. The van der Waals surface area contributed by atoms with Crippen molar-refractivity contribution in [2.45, 2.75) is 13.8 Å². The molecule has 1 aromatic heterocycles. The molecule has 0 radical (unpaired) electrons. The van der Waals surface area contributed by atoms with Crippen molar-refractivity contribution in [3.63, 3.8) is 0 Å². The third kappa shape index (κ3) is 3.64. The lowest BCUT2D eigenvalue weighted by Crippen LogP contribution is -2.33. The summed E-state index contributed by atoms with van der Waals surface area (Å²) in [6, 6.07) is 6.80. The van der Waals surface area contributed by atoms with E-state index in [4.69, 9.17) is 16.0 Å². The minimum absolute atomic E-state index is 0.130. The standard InChI is InChI=1S/C15H15ClN2O3/c1-9-12(16)4-3-5-13(9)18-14(19)8-17-15(20)11-6-7-21-10(11)2/h3-7H,8H2,1-2H3,(H,17,20)(H,18,19). The van der Waals surface area contributed by atoms with Gasteiger partial charge in [-0.1, -0.05) is 17.7 Å². The molecule has 110 valence electrons. The average Bonchev–Trinajstić information content (AvgIpc) is 2.87. The van der Waals surface area contributed by atoms with Crippen LogP contribution in [-0.4, -0.2) is 18.4 Å². The zero-order valence-electron chi connectivity index (χ0n) is 11.7. The van der Waals surface area contributed by atoms with Crippen LogP contribution in [0.1, 0.15) is 21.7 Å². The first-order valence-electron chi connectivity index (χ1n) is 6.36. The minimum atomic E-state index is -0.348. The van der Waals surface area contributed by atoms with Crippen LogP contribution < -0.4 is 10.6 Å². The van der Waals surface area contributed by atoms with Crippen molar-refractivity contribution >= 4 is 29.1 Å². The lowest BCUT2D eigenvalue weighted by atomic mass is 10.2. The second-order valence-electron chi connectivity index (χ2n) is 4.53. The van der Waals surface area contributed by atoms with E-state index in [1.54, 1.807) is 31.2 Å². The smallest absolute Gasteiger partial charge is 0.255 e. The largest absolute Gasteiger partial charge is 0.469 e. The second kappa shape index (κ2) is 6.45. The fraction of sp³-hybridized carbons (Fsp3) is 0.200. The van der Waals surface area contributed by atoms with Crippen LogP contribution in [-0.2, 0) is 4.79 Å². The topological polar surface area (TPSA) is 71.3 Å². The van der Waals surface area contributed by atoms with Gasteiger partial charge in [-0.3, -0.25) is 9.59 Å². The number of halogens is 1. The number of benzene rings is 1. The molecule has 0 fully saturated rings. The van der Waals surface area contributed by atoms with E-state index in [1.165, 1.54) is 6.26 Å². The molecule has 0 spiro atoms. The molecule has 0 unspecified atom stereocenters. The molecule has 0 saturated carbocycles.